The number of nitrogens with one attached hydrogen (secondary N) is 2. The Balaban J connectivity index is 1.79. The largest absolute Gasteiger partial charge is 0.382 e. The number of piperidine rings is 1. The van der Waals surface area contributed by atoms with Gasteiger partial charge in [0.1, 0.15) is 5.82 Å². The second kappa shape index (κ2) is 6.01. The lowest BCUT2D eigenvalue weighted by atomic mass is 10.0. The van der Waals surface area contributed by atoms with Crippen molar-refractivity contribution < 1.29 is 9.29 Å². The van der Waals surface area contributed by atoms with E-state index in [1.54, 1.807) is 4.90 Å². The molecule has 0 radical (unpaired) electrons. The second-order valence-electron chi connectivity index (χ2n) is 4.93. The van der Waals surface area contributed by atoms with Crippen LogP contribution >= 0.6 is 0 Å². The van der Waals surface area contributed by atoms with Crippen LogP contribution in [-0.4, -0.2) is 25.7 Å². The summed E-state index contributed by atoms with van der Waals surface area (Å²) >= 11 is 0. The lowest BCUT2D eigenvalue weighted by Crippen LogP contribution is -3.13. The Labute approximate surface area is 103 Å². The number of benzene rings is 1. The molecule has 94 valence electrons. The molecule has 1 fully saturated rings. The topological polar surface area (TPSA) is 16.5 Å². The van der Waals surface area contributed by atoms with E-state index in [1.807, 2.05) is 12.1 Å². The molecule has 1 heterocycles. The van der Waals surface area contributed by atoms with Crippen LogP contribution in [0.2, 0.25) is 0 Å². The maximum absolute atomic E-state index is 12.8. The molecular formula is C14H22FN2+. The fourth-order valence-electron chi connectivity index (χ4n) is 2.56. The zero-order chi connectivity index (χ0) is 12.1. The molecule has 1 aliphatic rings. The first-order valence-electron chi connectivity index (χ1n) is 6.63. The van der Waals surface area contributed by atoms with Gasteiger partial charge >= 0.3 is 0 Å². The Morgan fingerprint density at radius 1 is 1.24 bits per heavy atom. The number of anilines is 1. The van der Waals surface area contributed by atoms with Gasteiger partial charge in [0.2, 0.25) is 0 Å². The third kappa shape index (κ3) is 3.70. The summed E-state index contributed by atoms with van der Waals surface area (Å²) in [6, 6.07) is 7.22. The summed E-state index contributed by atoms with van der Waals surface area (Å²) in [5.74, 6) is -0.169. The molecule has 1 aromatic rings. The summed E-state index contributed by atoms with van der Waals surface area (Å²) in [7, 11) is 0. The minimum absolute atomic E-state index is 0.169. The third-order valence-corrected chi connectivity index (χ3v) is 3.51. The van der Waals surface area contributed by atoms with E-state index >= 15 is 0 Å². The quantitative estimate of drug-likeness (QED) is 0.815. The monoisotopic (exact) mass is 237 g/mol. The molecule has 1 aromatic carbocycles. The number of likely N-dealkylation sites (tertiary alicyclic amines) is 1. The van der Waals surface area contributed by atoms with E-state index in [0.29, 0.717) is 6.04 Å². The fraction of sp³-hybridized carbons (Fsp3) is 0.571. The standard InChI is InChI=1S/C14H21FN2/c1-2-9-17-10-7-14(8-11-17)16-13-5-3-12(15)4-6-13/h3-6,14,16H,2,7-11H2,1H3/p+1. The van der Waals surface area contributed by atoms with Crippen molar-refractivity contribution in [2.45, 2.75) is 32.2 Å². The van der Waals surface area contributed by atoms with Crippen molar-refractivity contribution in [1.29, 1.82) is 0 Å². The highest BCUT2D eigenvalue weighted by molar-refractivity contribution is 5.43. The second-order valence-corrected chi connectivity index (χ2v) is 4.93. The third-order valence-electron chi connectivity index (χ3n) is 3.51. The molecule has 2 nitrogen and oxygen atoms in total. The Hall–Kier alpha value is -1.09. The zero-order valence-electron chi connectivity index (χ0n) is 10.5. The Morgan fingerprint density at radius 2 is 1.88 bits per heavy atom. The van der Waals surface area contributed by atoms with Gasteiger partial charge in [-0.15, -0.1) is 0 Å². The van der Waals surface area contributed by atoms with Gasteiger partial charge in [-0.2, -0.15) is 0 Å². The van der Waals surface area contributed by atoms with Gasteiger partial charge in [-0.25, -0.2) is 4.39 Å². The van der Waals surface area contributed by atoms with E-state index < -0.39 is 0 Å². The first kappa shape index (κ1) is 12.4. The fourth-order valence-corrected chi connectivity index (χ4v) is 2.56. The van der Waals surface area contributed by atoms with Gasteiger partial charge in [0, 0.05) is 24.6 Å². The van der Waals surface area contributed by atoms with E-state index in [2.05, 4.69) is 12.2 Å². The van der Waals surface area contributed by atoms with Crippen LogP contribution in [0.3, 0.4) is 0 Å². The molecular weight excluding hydrogens is 215 g/mol. The van der Waals surface area contributed by atoms with Crippen molar-refractivity contribution >= 4 is 5.69 Å². The molecule has 0 saturated carbocycles. The van der Waals surface area contributed by atoms with Gasteiger partial charge in [0.05, 0.1) is 19.6 Å². The number of hydrogen-bond acceptors (Lipinski definition) is 1. The maximum Gasteiger partial charge on any atom is 0.123 e. The Bertz CT molecular complexity index is 329. The summed E-state index contributed by atoms with van der Waals surface area (Å²) in [6.07, 6.45) is 3.70. The van der Waals surface area contributed by atoms with Gasteiger partial charge in [-0.05, 0) is 30.7 Å². The molecule has 3 heteroatoms. The molecule has 0 amide bonds. The summed E-state index contributed by atoms with van der Waals surface area (Å²) in [4.78, 5) is 1.73. The minimum atomic E-state index is -0.169. The average Bonchev–Trinajstić information content (AvgIpc) is 2.35. The van der Waals surface area contributed by atoms with Crippen LogP contribution in [-0.2, 0) is 0 Å². The summed E-state index contributed by atoms with van der Waals surface area (Å²) < 4.78 is 12.8. The predicted octanol–water partition coefficient (Wildman–Crippen LogP) is 1.69. The summed E-state index contributed by atoms with van der Waals surface area (Å²) in [6.45, 7) is 6.05. The average molecular weight is 237 g/mol. The van der Waals surface area contributed by atoms with Crippen molar-refractivity contribution in [3.8, 4) is 0 Å². The SMILES string of the molecule is CCC[NH+]1CCC(Nc2ccc(F)cc2)CC1. The van der Waals surface area contributed by atoms with Crippen LogP contribution in [0.1, 0.15) is 26.2 Å². The van der Waals surface area contributed by atoms with Crippen molar-refractivity contribution in [3.63, 3.8) is 0 Å². The maximum atomic E-state index is 12.8. The molecule has 0 aromatic heterocycles. The first-order chi connectivity index (χ1) is 8.28. The van der Waals surface area contributed by atoms with Crippen LogP contribution in [0.5, 0.6) is 0 Å². The van der Waals surface area contributed by atoms with Gasteiger partial charge in [0.25, 0.3) is 0 Å². The van der Waals surface area contributed by atoms with E-state index in [-0.39, 0.29) is 5.82 Å². The molecule has 1 aliphatic heterocycles. The summed E-state index contributed by atoms with van der Waals surface area (Å²) in [5.41, 5.74) is 1.04. The molecule has 0 bridgehead atoms. The minimum Gasteiger partial charge on any atom is -0.382 e. The van der Waals surface area contributed by atoms with Crippen LogP contribution in [0.15, 0.2) is 24.3 Å². The van der Waals surface area contributed by atoms with Gasteiger partial charge < -0.3 is 10.2 Å². The van der Waals surface area contributed by atoms with Crippen molar-refractivity contribution in [3.05, 3.63) is 30.1 Å². The predicted molar refractivity (Wildman–Crippen MR) is 68.9 cm³/mol. The van der Waals surface area contributed by atoms with Crippen molar-refractivity contribution in [1.82, 2.24) is 0 Å². The lowest BCUT2D eigenvalue weighted by Gasteiger charge is -2.30. The zero-order valence-corrected chi connectivity index (χ0v) is 10.5. The lowest BCUT2D eigenvalue weighted by molar-refractivity contribution is -0.905. The molecule has 0 atom stereocenters. The highest BCUT2D eigenvalue weighted by Gasteiger charge is 2.20. The normalized spacial score (nSPS) is 24.6. The molecule has 2 N–H and O–H groups in total. The number of halogens is 1. The van der Waals surface area contributed by atoms with Crippen LogP contribution < -0.4 is 10.2 Å². The van der Waals surface area contributed by atoms with Gasteiger partial charge in [-0.1, -0.05) is 6.92 Å². The van der Waals surface area contributed by atoms with E-state index in [4.69, 9.17) is 0 Å². The molecule has 17 heavy (non-hydrogen) atoms. The highest BCUT2D eigenvalue weighted by atomic mass is 19.1. The number of quaternary nitrogens is 1. The Kier molecular flexibility index (Phi) is 4.37. The van der Waals surface area contributed by atoms with E-state index in [0.717, 1.165) is 5.69 Å². The highest BCUT2D eigenvalue weighted by Crippen LogP contribution is 2.13. The Morgan fingerprint density at radius 3 is 2.47 bits per heavy atom. The van der Waals surface area contributed by atoms with E-state index in [1.165, 1.54) is 51.0 Å². The smallest absolute Gasteiger partial charge is 0.123 e. The number of rotatable bonds is 4. The van der Waals surface area contributed by atoms with Crippen LogP contribution in [0.4, 0.5) is 10.1 Å². The summed E-state index contributed by atoms with van der Waals surface area (Å²) in [5, 5.41) is 3.49. The molecule has 1 saturated heterocycles. The van der Waals surface area contributed by atoms with Gasteiger partial charge in [-0.3, -0.25) is 0 Å². The number of hydrogen-bond donors (Lipinski definition) is 2. The molecule has 2 rings (SSSR count). The first-order valence-corrected chi connectivity index (χ1v) is 6.63. The molecule has 0 spiro atoms. The van der Waals surface area contributed by atoms with Crippen molar-refractivity contribution in [2.75, 3.05) is 25.0 Å². The van der Waals surface area contributed by atoms with Crippen molar-refractivity contribution in [2.24, 2.45) is 0 Å². The van der Waals surface area contributed by atoms with Crippen LogP contribution in [0, 0.1) is 5.82 Å². The van der Waals surface area contributed by atoms with Crippen LogP contribution in [0.25, 0.3) is 0 Å². The van der Waals surface area contributed by atoms with E-state index in [9.17, 15) is 4.39 Å². The van der Waals surface area contributed by atoms with Gasteiger partial charge in [0.15, 0.2) is 0 Å². The molecule has 0 aliphatic carbocycles. The molecule has 0 unspecified atom stereocenters.